The highest BCUT2D eigenvalue weighted by Crippen LogP contribution is 2.32. The molecule has 2 N–H and O–H groups in total. The summed E-state index contributed by atoms with van der Waals surface area (Å²) in [6, 6.07) is 13.0. The molecule has 0 fully saturated rings. The van der Waals surface area contributed by atoms with Crippen LogP contribution in [0.25, 0.3) is 0 Å². The summed E-state index contributed by atoms with van der Waals surface area (Å²) in [5.74, 6) is 0.292. The van der Waals surface area contributed by atoms with Gasteiger partial charge in [-0.2, -0.15) is 0 Å². The molecule has 0 saturated heterocycles. The van der Waals surface area contributed by atoms with Gasteiger partial charge in [-0.1, -0.05) is 12.1 Å². The molecule has 29 heavy (non-hydrogen) atoms. The Morgan fingerprint density at radius 1 is 1.21 bits per heavy atom. The number of thiophene rings is 1. The second kappa shape index (κ2) is 8.63. The number of anilines is 1. The summed E-state index contributed by atoms with van der Waals surface area (Å²) in [6.45, 7) is 3.57. The van der Waals surface area contributed by atoms with Crippen molar-refractivity contribution in [2.45, 2.75) is 25.9 Å². The van der Waals surface area contributed by atoms with Gasteiger partial charge < -0.3 is 15.1 Å². The number of hydrogen-bond acceptors (Lipinski definition) is 5. The first-order chi connectivity index (χ1) is 14.1. The zero-order chi connectivity index (χ0) is 20.2. The van der Waals surface area contributed by atoms with Gasteiger partial charge >= 0.3 is 0 Å². The van der Waals surface area contributed by atoms with Gasteiger partial charge in [0.1, 0.15) is 5.76 Å². The van der Waals surface area contributed by atoms with Gasteiger partial charge in [0, 0.05) is 17.5 Å². The molecule has 1 atom stereocenters. The van der Waals surface area contributed by atoms with Crippen LogP contribution in [0, 0.1) is 0 Å². The highest BCUT2D eigenvalue weighted by Gasteiger charge is 2.26. The van der Waals surface area contributed by atoms with E-state index < -0.39 is 0 Å². The van der Waals surface area contributed by atoms with Gasteiger partial charge in [0.05, 0.1) is 30.6 Å². The highest BCUT2D eigenvalue weighted by molar-refractivity contribution is 7.10. The third-order valence-electron chi connectivity index (χ3n) is 5.20. The van der Waals surface area contributed by atoms with Crippen molar-refractivity contribution in [1.82, 2.24) is 10.2 Å². The Balaban J connectivity index is 1.39. The maximum Gasteiger partial charge on any atom is 0.253 e. The second-order valence-corrected chi connectivity index (χ2v) is 8.05. The van der Waals surface area contributed by atoms with Crippen molar-refractivity contribution >= 4 is 28.8 Å². The largest absolute Gasteiger partial charge is 0.467 e. The van der Waals surface area contributed by atoms with Gasteiger partial charge in [-0.3, -0.25) is 14.5 Å². The van der Waals surface area contributed by atoms with Crippen molar-refractivity contribution in [3.8, 4) is 0 Å². The monoisotopic (exact) mass is 409 g/mol. The minimum atomic E-state index is -0.258. The molecule has 1 aliphatic rings. The number of rotatable bonds is 6. The van der Waals surface area contributed by atoms with Crippen molar-refractivity contribution in [2.75, 3.05) is 18.4 Å². The van der Waals surface area contributed by atoms with E-state index >= 15 is 0 Å². The molecule has 2 aromatic heterocycles. The Morgan fingerprint density at radius 2 is 2.07 bits per heavy atom. The minimum absolute atomic E-state index is 0.123. The van der Waals surface area contributed by atoms with Gasteiger partial charge in [0.2, 0.25) is 5.91 Å². The summed E-state index contributed by atoms with van der Waals surface area (Å²) < 4.78 is 5.24. The number of para-hydroxylation sites is 1. The van der Waals surface area contributed by atoms with E-state index in [1.807, 2.05) is 0 Å². The number of furan rings is 1. The van der Waals surface area contributed by atoms with E-state index in [0.717, 1.165) is 13.0 Å². The third-order valence-corrected chi connectivity index (χ3v) is 6.20. The van der Waals surface area contributed by atoms with Gasteiger partial charge in [-0.25, -0.2) is 0 Å². The topological polar surface area (TPSA) is 74.6 Å². The van der Waals surface area contributed by atoms with Crippen LogP contribution in [0.4, 0.5) is 5.69 Å². The molecule has 150 valence electrons. The SMILES string of the molecule is CC1c2ccsc2CCN1CC(=O)Nc1ccccc1C(=O)NCc1ccco1. The number of hydrogen-bond donors (Lipinski definition) is 2. The van der Waals surface area contributed by atoms with E-state index in [2.05, 4.69) is 33.9 Å². The smallest absolute Gasteiger partial charge is 0.253 e. The minimum Gasteiger partial charge on any atom is -0.467 e. The Kier molecular flexibility index (Phi) is 5.78. The molecular formula is C22H23N3O3S. The number of benzene rings is 1. The fourth-order valence-electron chi connectivity index (χ4n) is 3.62. The zero-order valence-corrected chi connectivity index (χ0v) is 17.0. The molecule has 7 heteroatoms. The van der Waals surface area contributed by atoms with Crippen LogP contribution in [0.3, 0.4) is 0 Å². The van der Waals surface area contributed by atoms with Gasteiger partial charge in [0.25, 0.3) is 5.91 Å². The lowest BCUT2D eigenvalue weighted by atomic mass is 10.0. The van der Waals surface area contributed by atoms with Crippen LogP contribution in [-0.2, 0) is 17.8 Å². The van der Waals surface area contributed by atoms with Crippen molar-refractivity contribution in [2.24, 2.45) is 0 Å². The van der Waals surface area contributed by atoms with E-state index in [-0.39, 0.29) is 17.9 Å². The molecule has 0 aliphatic carbocycles. The van der Waals surface area contributed by atoms with Crippen LogP contribution < -0.4 is 10.6 Å². The number of fused-ring (bicyclic) bond motifs is 1. The second-order valence-electron chi connectivity index (χ2n) is 7.05. The summed E-state index contributed by atoms with van der Waals surface area (Å²) in [4.78, 5) is 28.9. The number of nitrogens with one attached hydrogen (secondary N) is 2. The van der Waals surface area contributed by atoms with Gasteiger partial charge in [-0.05, 0) is 54.6 Å². The summed E-state index contributed by atoms with van der Waals surface area (Å²) in [5, 5.41) is 7.84. The Hall–Kier alpha value is -2.90. The summed E-state index contributed by atoms with van der Waals surface area (Å²) in [7, 11) is 0. The summed E-state index contributed by atoms with van der Waals surface area (Å²) in [6.07, 6.45) is 2.53. The Bertz CT molecular complexity index is 996. The third kappa shape index (κ3) is 4.41. The summed E-state index contributed by atoms with van der Waals surface area (Å²) in [5.41, 5.74) is 2.25. The first kappa shape index (κ1) is 19.4. The van der Waals surface area contributed by atoms with E-state index in [9.17, 15) is 9.59 Å². The molecule has 6 nitrogen and oxygen atoms in total. The molecule has 0 saturated carbocycles. The van der Waals surface area contributed by atoms with Crippen LogP contribution in [-0.4, -0.2) is 29.8 Å². The fraction of sp³-hybridized carbons (Fsp3) is 0.273. The first-order valence-corrected chi connectivity index (χ1v) is 10.5. The van der Waals surface area contributed by atoms with Gasteiger partial charge in [-0.15, -0.1) is 11.3 Å². The van der Waals surface area contributed by atoms with Crippen LogP contribution in [0.15, 0.2) is 58.5 Å². The molecule has 0 spiro atoms. The number of amides is 2. The van der Waals surface area contributed by atoms with Crippen LogP contribution in [0.1, 0.15) is 39.5 Å². The molecule has 4 rings (SSSR count). The number of nitrogens with zero attached hydrogens (tertiary/aromatic N) is 1. The Labute approximate surface area is 173 Å². The van der Waals surface area contributed by atoms with Crippen molar-refractivity contribution in [1.29, 1.82) is 0 Å². The predicted molar refractivity (Wildman–Crippen MR) is 113 cm³/mol. The van der Waals surface area contributed by atoms with Crippen molar-refractivity contribution < 1.29 is 14.0 Å². The molecule has 0 bridgehead atoms. The van der Waals surface area contributed by atoms with E-state index in [1.54, 1.807) is 54.0 Å². The van der Waals surface area contributed by atoms with Gasteiger partial charge in [0.15, 0.2) is 0 Å². The zero-order valence-electron chi connectivity index (χ0n) is 16.2. The molecule has 1 unspecified atom stereocenters. The lowest BCUT2D eigenvalue weighted by molar-refractivity contribution is -0.117. The van der Waals surface area contributed by atoms with Crippen LogP contribution >= 0.6 is 11.3 Å². The molecule has 1 aliphatic heterocycles. The van der Waals surface area contributed by atoms with Crippen molar-refractivity contribution in [3.05, 3.63) is 75.9 Å². The lowest BCUT2D eigenvalue weighted by Crippen LogP contribution is -2.39. The van der Waals surface area contributed by atoms with Crippen molar-refractivity contribution in [3.63, 3.8) is 0 Å². The standard InChI is InChI=1S/C22H23N3O3S/c1-15-17-9-12-29-20(17)8-10-25(15)14-21(26)24-19-7-3-2-6-18(19)22(27)23-13-16-5-4-11-28-16/h2-7,9,11-12,15H,8,10,13-14H2,1H3,(H,23,27)(H,24,26). The predicted octanol–water partition coefficient (Wildman–Crippen LogP) is 3.83. The fourth-order valence-corrected chi connectivity index (χ4v) is 4.58. The van der Waals surface area contributed by atoms with Crippen LogP contribution in [0.5, 0.6) is 0 Å². The maximum absolute atomic E-state index is 12.7. The maximum atomic E-state index is 12.7. The molecule has 1 aromatic carbocycles. The van der Waals surface area contributed by atoms with E-state index in [0.29, 0.717) is 30.1 Å². The van der Waals surface area contributed by atoms with E-state index in [1.165, 1.54) is 10.4 Å². The molecular weight excluding hydrogens is 386 g/mol. The molecule has 3 heterocycles. The number of carbonyl (C=O) groups excluding carboxylic acids is 2. The number of carbonyl (C=O) groups is 2. The van der Waals surface area contributed by atoms with E-state index in [4.69, 9.17) is 4.42 Å². The molecule has 0 radical (unpaired) electrons. The summed E-state index contributed by atoms with van der Waals surface area (Å²) >= 11 is 1.78. The first-order valence-electron chi connectivity index (χ1n) is 9.61. The molecule has 2 amide bonds. The highest BCUT2D eigenvalue weighted by atomic mass is 32.1. The lowest BCUT2D eigenvalue weighted by Gasteiger charge is -2.33. The Morgan fingerprint density at radius 3 is 2.90 bits per heavy atom. The average molecular weight is 410 g/mol. The molecule has 3 aromatic rings. The normalized spacial score (nSPS) is 16.2. The average Bonchev–Trinajstić information content (AvgIpc) is 3.41. The van der Waals surface area contributed by atoms with Crippen LogP contribution in [0.2, 0.25) is 0 Å². The quantitative estimate of drug-likeness (QED) is 0.649.